The quantitative estimate of drug-likeness (QED) is 0.797. The molecule has 17 heavy (non-hydrogen) atoms. The molecule has 2 heterocycles. The Morgan fingerprint density at radius 2 is 2.06 bits per heavy atom. The standard InChI is InChI=1S/C10H9F2N3OS/c1-4(2)15-3-5-6(11)7(12)9(16)13-8(5)14-10(15)17/h3-4H,1-2H3,(H,13,14,16,17). The number of rotatable bonds is 1. The number of nitrogens with zero attached hydrogens (tertiary/aromatic N) is 2. The number of H-pyrrole nitrogens is 1. The van der Waals surface area contributed by atoms with Crippen LogP contribution in [0.3, 0.4) is 0 Å². The number of hydrogen-bond acceptors (Lipinski definition) is 3. The topological polar surface area (TPSA) is 50.7 Å². The highest BCUT2D eigenvalue weighted by Gasteiger charge is 2.14. The Kier molecular flexibility index (Phi) is 2.78. The van der Waals surface area contributed by atoms with E-state index >= 15 is 0 Å². The van der Waals surface area contributed by atoms with Gasteiger partial charge in [0.1, 0.15) is 5.65 Å². The molecule has 0 amide bonds. The number of halogens is 2. The number of pyridine rings is 1. The van der Waals surface area contributed by atoms with Crippen molar-refractivity contribution >= 4 is 23.3 Å². The Labute approximate surface area is 99.9 Å². The molecule has 0 unspecified atom stereocenters. The Morgan fingerprint density at radius 1 is 1.41 bits per heavy atom. The first-order valence-corrected chi connectivity index (χ1v) is 5.33. The predicted molar refractivity (Wildman–Crippen MR) is 61.5 cm³/mol. The third-order valence-corrected chi connectivity index (χ3v) is 2.67. The summed E-state index contributed by atoms with van der Waals surface area (Å²) in [4.78, 5) is 17.1. The van der Waals surface area contributed by atoms with Crippen LogP contribution < -0.4 is 5.56 Å². The summed E-state index contributed by atoms with van der Waals surface area (Å²) in [6.07, 6.45) is 1.35. The minimum atomic E-state index is -1.44. The van der Waals surface area contributed by atoms with E-state index in [0.717, 1.165) is 0 Å². The van der Waals surface area contributed by atoms with Gasteiger partial charge in [-0.05, 0) is 26.1 Å². The highest BCUT2D eigenvalue weighted by molar-refractivity contribution is 7.71. The molecule has 0 saturated carbocycles. The van der Waals surface area contributed by atoms with Gasteiger partial charge in [-0.15, -0.1) is 0 Å². The van der Waals surface area contributed by atoms with E-state index in [1.807, 2.05) is 13.8 Å². The molecular weight excluding hydrogens is 248 g/mol. The molecule has 90 valence electrons. The summed E-state index contributed by atoms with van der Waals surface area (Å²) in [7, 11) is 0. The average molecular weight is 257 g/mol. The molecule has 0 saturated heterocycles. The van der Waals surface area contributed by atoms with Crippen molar-refractivity contribution in [3.63, 3.8) is 0 Å². The molecule has 0 aliphatic heterocycles. The van der Waals surface area contributed by atoms with Gasteiger partial charge in [-0.1, -0.05) is 0 Å². The van der Waals surface area contributed by atoms with Crippen molar-refractivity contribution in [3.05, 3.63) is 33.0 Å². The monoisotopic (exact) mass is 257 g/mol. The first kappa shape index (κ1) is 11.8. The van der Waals surface area contributed by atoms with Gasteiger partial charge in [0.25, 0.3) is 5.56 Å². The summed E-state index contributed by atoms with van der Waals surface area (Å²) in [5.41, 5.74) is -1.19. The van der Waals surface area contributed by atoms with Crippen LogP contribution in [0.1, 0.15) is 19.9 Å². The second-order valence-corrected chi connectivity index (χ2v) is 4.23. The third kappa shape index (κ3) is 1.86. The van der Waals surface area contributed by atoms with Crippen molar-refractivity contribution in [2.24, 2.45) is 0 Å². The molecular formula is C10H9F2N3OS. The van der Waals surface area contributed by atoms with Crippen molar-refractivity contribution in [2.45, 2.75) is 19.9 Å². The number of hydrogen-bond donors (Lipinski definition) is 1. The largest absolute Gasteiger partial charge is 0.320 e. The van der Waals surface area contributed by atoms with Gasteiger partial charge < -0.3 is 9.55 Å². The fourth-order valence-electron chi connectivity index (χ4n) is 1.48. The molecule has 0 radical (unpaired) electrons. The number of nitrogens with one attached hydrogen (secondary N) is 1. The molecule has 0 aromatic carbocycles. The van der Waals surface area contributed by atoms with Crippen molar-refractivity contribution in [2.75, 3.05) is 0 Å². The SMILES string of the molecule is CC(C)n1cc2c(F)c(F)c(=O)[nH]c2nc1=S. The molecule has 0 aliphatic carbocycles. The van der Waals surface area contributed by atoms with Crippen molar-refractivity contribution in [1.82, 2.24) is 14.5 Å². The molecule has 0 spiro atoms. The van der Waals surface area contributed by atoms with Gasteiger partial charge in [0.2, 0.25) is 10.6 Å². The lowest BCUT2D eigenvalue weighted by Crippen LogP contribution is -2.16. The Morgan fingerprint density at radius 3 is 2.65 bits per heavy atom. The van der Waals surface area contributed by atoms with Crippen LogP contribution in [-0.4, -0.2) is 14.5 Å². The van der Waals surface area contributed by atoms with Crippen LogP contribution in [0.5, 0.6) is 0 Å². The van der Waals surface area contributed by atoms with Crippen molar-refractivity contribution in [1.29, 1.82) is 0 Å². The Balaban J connectivity index is 2.95. The molecule has 2 aromatic heterocycles. The first-order chi connectivity index (χ1) is 7.91. The fraction of sp³-hybridized carbons (Fsp3) is 0.300. The lowest BCUT2D eigenvalue weighted by Gasteiger charge is -2.11. The second-order valence-electron chi connectivity index (χ2n) is 3.87. The van der Waals surface area contributed by atoms with Gasteiger partial charge in [-0.2, -0.15) is 4.39 Å². The van der Waals surface area contributed by atoms with Crippen LogP contribution in [0.2, 0.25) is 0 Å². The maximum Gasteiger partial charge on any atom is 0.288 e. The van der Waals surface area contributed by atoms with Gasteiger partial charge in [0.05, 0.1) is 5.39 Å². The fourth-order valence-corrected chi connectivity index (χ4v) is 1.83. The maximum atomic E-state index is 13.6. The number of aromatic amines is 1. The summed E-state index contributed by atoms with van der Waals surface area (Å²) in [6.45, 7) is 3.67. The third-order valence-electron chi connectivity index (χ3n) is 2.37. The number of fused-ring (bicyclic) bond motifs is 1. The van der Waals surface area contributed by atoms with Gasteiger partial charge in [-0.25, -0.2) is 9.37 Å². The molecule has 2 rings (SSSR count). The molecule has 0 bridgehead atoms. The van der Waals surface area contributed by atoms with Gasteiger partial charge in [0, 0.05) is 12.2 Å². The molecule has 0 fully saturated rings. The minimum absolute atomic E-state index is 0.0335. The molecule has 0 aliphatic rings. The van der Waals surface area contributed by atoms with Crippen LogP contribution >= 0.6 is 12.2 Å². The molecule has 0 atom stereocenters. The van der Waals surface area contributed by atoms with Crippen LogP contribution in [0, 0.1) is 16.4 Å². The normalized spacial score (nSPS) is 11.4. The van der Waals surface area contributed by atoms with E-state index in [-0.39, 0.29) is 21.8 Å². The molecule has 1 N–H and O–H groups in total. The zero-order valence-corrected chi connectivity index (χ0v) is 9.94. The summed E-state index contributed by atoms with van der Waals surface area (Å²) in [5, 5.41) is -0.0931. The van der Waals surface area contributed by atoms with Gasteiger partial charge in [0.15, 0.2) is 5.82 Å². The van der Waals surface area contributed by atoms with Crippen LogP contribution in [-0.2, 0) is 0 Å². The first-order valence-electron chi connectivity index (χ1n) is 4.92. The lowest BCUT2D eigenvalue weighted by molar-refractivity contribution is 0.502. The molecule has 4 nitrogen and oxygen atoms in total. The van der Waals surface area contributed by atoms with Crippen molar-refractivity contribution in [3.8, 4) is 0 Å². The minimum Gasteiger partial charge on any atom is -0.320 e. The smallest absolute Gasteiger partial charge is 0.288 e. The second kappa shape index (κ2) is 3.99. The molecule has 2 aromatic rings. The summed E-state index contributed by atoms with van der Waals surface area (Å²) >= 11 is 4.99. The van der Waals surface area contributed by atoms with Crippen molar-refractivity contribution < 1.29 is 8.78 Å². The van der Waals surface area contributed by atoms with E-state index in [9.17, 15) is 13.6 Å². The lowest BCUT2D eigenvalue weighted by atomic mass is 10.3. The van der Waals surface area contributed by atoms with E-state index in [4.69, 9.17) is 12.2 Å². The zero-order chi connectivity index (χ0) is 12.7. The van der Waals surface area contributed by atoms with Crippen LogP contribution in [0.15, 0.2) is 11.0 Å². The zero-order valence-electron chi connectivity index (χ0n) is 9.12. The van der Waals surface area contributed by atoms with E-state index in [1.165, 1.54) is 10.8 Å². The predicted octanol–water partition coefficient (Wildman–Crippen LogP) is 2.31. The Bertz CT molecular complexity index is 705. The average Bonchev–Trinajstić information content (AvgIpc) is 2.25. The van der Waals surface area contributed by atoms with Gasteiger partial charge in [-0.3, -0.25) is 4.79 Å². The Hall–Kier alpha value is -1.63. The van der Waals surface area contributed by atoms with E-state index in [1.54, 1.807) is 0 Å². The summed E-state index contributed by atoms with van der Waals surface area (Å²) in [5.74, 6) is -2.65. The summed E-state index contributed by atoms with van der Waals surface area (Å²) < 4.78 is 28.4. The molecule has 7 heteroatoms. The van der Waals surface area contributed by atoms with E-state index in [2.05, 4.69) is 9.97 Å². The highest BCUT2D eigenvalue weighted by atomic mass is 32.1. The van der Waals surface area contributed by atoms with Crippen LogP contribution in [0.25, 0.3) is 11.0 Å². The van der Waals surface area contributed by atoms with Crippen LogP contribution in [0.4, 0.5) is 8.78 Å². The maximum absolute atomic E-state index is 13.6. The number of aromatic nitrogens is 3. The van der Waals surface area contributed by atoms with E-state index < -0.39 is 17.2 Å². The summed E-state index contributed by atoms with van der Waals surface area (Å²) in [6, 6.07) is -0.0335. The van der Waals surface area contributed by atoms with E-state index in [0.29, 0.717) is 0 Å². The highest BCUT2D eigenvalue weighted by Crippen LogP contribution is 2.16. The van der Waals surface area contributed by atoms with Gasteiger partial charge >= 0.3 is 0 Å².